The van der Waals surface area contributed by atoms with E-state index in [1.807, 2.05) is 6.07 Å². The number of likely N-dealkylation sites (tertiary alicyclic amines) is 2. The molecule has 8 nitrogen and oxygen atoms in total. The zero-order valence-electron chi connectivity index (χ0n) is 17.5. The summed E-state index contributed by atoms with van der Waals surface area (Å²) in [4.78, 5) is 15.8. The molecule has 2 atom stereocenters. The quantitative estimate of drug-likeness (QED) is 0.536. The van der Waals surface area contributed by atoms with Crippen LogP contribution < -0.4 is 10.6 Å². The van der Waals surface area contributed by atoms with Gasteiger partial charge in [0.05, 0.1) is 4.92 Å². The second kappa shape index (κ2) is 9.90. The monoisotopic (exact) mass is 400 g/mol. The average Bonchev–Trinajstić information content (AvgIpc) is 2.70. The summed E-state index contributed by atoms with van der Waals surface area (Å²) < 4.78 is 0. The number of piperidine rings is 2. The molecule has 2 aliphatic heterocycles. The minimum Gasteiger partial charge on any atom is -0.385 e. The molecule has 29 heavy (non-hydrogen) atoms. The van der Waals surface area contributed by atoms with E-state index >= 15 is 0 Å². The average molecular weight is 401 g/mol. The Hall–Kier alpha value is -2.37. The zero-order chi connectivity index (χ0) is 20.8. The molecule has 2 saturated heterocycles. The number of anilines is 2. The SMILES string of the molecule is CN1CCCC(CNc2cc(C#N)c([N+](=O)[O-])c(NCC3CCCN(C)C3)c2)C1. The van der Waals surface area contributed by atoms with Crippen LogP contribution in [0.25, 0.3) is 0 Å². The predicted molar refractivity (Wildman–Crippen MR) is 115 cm³/mol. The van der Waals surface area contributed by atoms with Crippen molar-refractivity contribution in [2.45, 2.75) is 25.7 Å². The lowest BCUT2D eigenvalue weighted by Gasteiger charge is -2.30. The molecule has 2 unspecified atom stereocenters. The van der Waals surface area contributed by atoms with Crippen LogP contribution in [0.5, 0.6) is 0 Å². The van der Waals surface area contributed by atoms with E-state index in [0.29, 0.717) is 24.1 Å². The molecule has 0 saturated carbocycles. The van der Waals surface area contributed by atoms with Crippen LogP contribution in [0.1, 0.15) is 31.2 Å². The zero-order valence-corrected chi connectivity index (χ0v) is 17.5. The summed E-state index contributed by atoms with van der Waals surface area (Å²) in [7, 11) is 4.24. The van der Waals surface area contributed by atoms with Crippen LogP contribution in [0, 0.1) is 33.3 Å². The summed E-state index contributed by atoms with van der Waals surface area (Å²) in [6.07, 6.45) is 4.63. The molecule has 8 heteroatoms. The van der Waals surface area contributed by atoms with Gasteiger partial charge in [0.15, 0.2) is 0 Å². The predicted octanol–water partition coefficient (Wildman–Crippen LogP) is 2.97. The number of hydrogen-bond donors (Lipinski definition) is 2. The second-order valence-corrected chi connectivity index (χ2v) is 8.59. The maximum absolute atomic E-state index is 11.6. The molecule has 2 heterocycles. The fraction of sp³-hybridized carbons (Fsp3) is 0.667. The maximum atomic E-state index is 11.6. The number of hydrogen-bond acceptors (Lipinski definition) is 7. The summed E-state index contributed by atoms with van der Waals surface area (Å²) in [5.74, 6) is 0.997. The van der Waals surface area contributed by atoms with Gasteiger partial charge >= 0.3 is 5.69 Å². The molecule has 2 N–H and O–H groups in total. The fourth-order valence-corrected chi connectivity index (χ4v) is 4.55. The number of nitrogens with one attached hydrogen (secondary N) is 2. The van der Waals surface area contributed by atoms with Crippen LogP contribution >= 0.6 is 0 Å². The van der Waals surface area contributed by atoms with Crippen LogP contribution in [0.3, 0.4) is 0 Å². The fourth-order valence-electron chi connectivity index (χ4n) is 4.55. The van der Waals surface area contributed by atoms with Crippen molar-refractivity contribution < 1.29 is 4.92 Å². The highest BCUT2D eigenvalue weighted by molar-refractivity contribution is 5.74. The van der Waals surface area contributed by atoms with Gasteiger partial charge in [0.25, 0.3) is 0 Å². The molecule has 0 aliphatic carbocycles. The molecule has 158 valence electrons. The smallest absolute Gasteiger partial charge is 0.310 e. The third kappa shape index (κ3) is 5.81. The number of nitro benzene ring substituents is 1. The first-order chi connectivity index (χ1) is 14.0. The van der Waals surface area contributed by atoms with Gasteiger partial charge in [-0.05, 0) is 76.8 Å². The van der Waals surface area contributed by atoms with Crippen molar-refractivity contribution in [2.75, 3.05) is 64.0 Å². The number of nitrogens with zero attached hydrogens (tertiary/aromatic N) is 4. The molecule has 3 rings (SSSR count). The number of nitro groups is 1. The summed E-state index contributed by atoms with van der Waals surface area (Å²) in [5.41, 5.74) is 1.18. The molecule has 0 spiro atoms. The summed E-state index contributed by atoms with van der Waals surface area (Å²) >= 11 is 0. The van der Waals surface area contributed by atoms with Crippen molar-refractivity contribution in [1.82, 2.24) is 9.80 Å². The Kier molecular flexibility index (Phi) is 7.29. The standard InChI is InChI=1S/C21H32N6O2/c1-25-7-3-5-16(14-25)12-23-19-9-18(11-22)21(27(28)29)20(10-19)24-13-17-6-4-8-26(2)15-17/h9-10,16-17,23-24H,3-8,12-15H2,1-2H3. The van der Waals surface area contributed by atoms with E-state index in [2.05, 4.69) is 34.5 Å². The van der Waals surface area contributed by atoms with E-state index in [9.17, 15) is 15.4 Å². The van der Waals surface area contributed by atoms with E-state index in [1.54, 1.807) is 12.1 Å². The van der Waals surface area contributed by atoms with Gasteiger partial charge in [0, 0.05) is 31.9 Å². The minimum atomic E-state index is -0.451. The minimum absolute atomic E-state index is 0.101. The van der Waals surface area contributed by atoms with Crippen molar-refractivity contribution in [1.29, 1.82) is 5.26 Å². The van der Waals surface area contributed by atoms with Crippen LogP contribution in [-0.2, 0) is 0 Å². The van der Waals surface area contributed by atoms with Gasteiger partial charge in [-0.1, -0.05) is 0 Å². The Labute approximate surface area is 173 Å². The van der Waals surface area contributed by atoms with Crippen molar-refractivity contribution in [3.05, 3.63) is 27.8 Å². The lowest BCUT2D eigenvalue weighted by molar-refractivity contribution is -0.384. The first-order valence-corrected chi connectivity index (χ1v) is 10.5. The Balaban J connectivity index is 1.72. The highest BCUT2D eigenvalue weighted by Crippen LogP contribution is 2.33. The molecule has 1 aromatic carbocycles. The van der Waals surface area contributed by atoms with Gasteiger partial charge in [-0.2, -0.15) is 5.26 Å². The highest BCUT2D eigenvalue weighted by atomic mass is 16.6. The summed E-state index contributed by atoms with van der Waals surface area (Å²) in [6, 6.07) is 5.40. The van der Waals surface area contributed by atoms with Gasteiger partial charge in [-0.25, -0.2) is 0 Å². The Morgan fingerprint density at radius 1 is 1.10 bits per heavy atom. The van der Waals surface area contributed by atoms with Crippen molar-refractivity contribution in [2.24, 2.45) is 11.8 Å². The Morgan fingerprint density at radius 3 is 2.21 bits per heavy atom. The Bertz CT molecular complexity index is 762. The Morgan fingerprint density at radius 2 is 1.69 bits per heavy atom. The van der Waals surface area contributed by atoms with Gasteiger partial charge in [-0.3, -0.25) is 10.1 Å². The van der Waals surface area contributed by atoms with Crippen molar-refractivity contribution >= 4 is 17.1 Å². The maximum Gasteiger partial charge on any atom is 0.310 e. The van der Waals surface area contributed by atoms with Gasteiger partial charge in [0.1, 0.15) is 17.3 Å². The highest BCUT2D eigenvalue weighted by Gasteiger charge is 2.24. The second-order valence-electron chi connectivity index (χ2n) is 8.59. The van der Waals surface area contributed by atoms with Crippen molar-refractivity contribution in [3.63, 3.8) is 0 Å². The first-order valence-electron chi connectivity index (χ1n) is 10.5. The molecule has 0 aromatic heterocycles. The number of benzene rings is 1. The lowest BCUT2D eigenvalue weighted by atomic mass is 9.98. The van der Waals surface area contributed by atoms with Crippen LogP contribution in [0.2, 0.25) is 0 Å². The topological polar surface area (TPSA) is 97.5 Å². The van der Waals surface area contributed by atoms with Gasteiger partial charge in [-0.15, -0.1) is 0 Å². The summed E-state index contributed by atoms with van der Waals surface area (Å²) in [6.45, 7) is 5.75. The molecule has 0 bridgehead atoms. The van der Waals surface area contributed by atoms with E-state index < -0.39 is 4.92 Å². The van der Waals surface area contributed by atoms with Gasteiger partial charge in [0.2, 0.25) is 0 Å². The van der Waals surface area contributed by atoms with Gasteiger partial charge < -0.3 is 20.4 Å². The molecule has 2 fully saturated rings. The molecule has 0 radical (unpaired) electrons. The third-order valence-electron chi connectivity index (χ3n) is 6.03. The van der Waals surface area contributed by atoms with E-state index in [1.165, 1.54) is 12.8 Å². The normalized spacial score (nSPS) is 23.3. The molecule has 2 aliphatic rings. The van der Waals surface area contributed by atoms with Crippen LogP contribution in [0.4, 0.5) is 17.1 Å². The molecule has 0 amide bonds. The molecular weight excluding hydrogens is 368 g/mol. The largest absolute Gasteiger partial charge is 0.385 e. The third-order valence-corrected chi connectivity index (χ3v) is 6.03. The molecular formula is C21H32N6O2. The summed E-state index contributed by atoms with van der Waals surface area (Å²) in [5, 5.41) is 27.8. The number of rotatable bonds is 7. The first kappa shape index (κ1) is 21.3. The van der Waals surface area contributed by atoms with Crippen LogP contribution in [0.15, 0.2) is 12.1 Å². The van der Waals surface area contributed by atoms with Crippen LogP contribution in [-0.4, -0.2) is 68.1 Å². The van der Waals surface area contributed by atoms with Crippen molar-refractivity contribution in [3.8, 4) is 6.07 Å². The number of nitriles is 1. The lowest BCUT2D eigenvalue weighted by Crippen LogP contribution is -2.35. The van der Waals surface area contributed by atoms with E-state index in [-0.39, 0.29) is 11.3 Å². The molecule has 1 aromatic rings. The van der Waals surface area contributed by atoms with E-state index in [0.717, 1.165) is 51.3 Å². The van der Waals surface area contributed by atoms with E-state index in [4.69, 9.17) is 0 Å².